The Balaban J connectivity index is 0.00000140. The molecule has 0 aromatic heterocycles. The highest BCUT2D eigenvalue weighted by Gasteiger charge is 2.24. The van der Waals surface area contributed by atoms with Gasteiger partial charge in [-0.1, -0.05) is 74.7 Å². The Labute approximate surface area is 181 Å². The molecule has 3 aromatic carbocycles. The average molecular weight is 419 g/mol. The van der Waals surface area contributed by atoms with Gasteiger partial charge in [0.25, 0.3) is 0 Å². The largest absolute Gasteiger partial charge is 0.314 e. The van der Waals surface area contributed by atoms with E-state index in [0.29, 0.717) is 6.04 Å². The SMILES string of the molecule is CCCCC[C@H](c1cc2ccccc2c2ccccc12)N1CCNCC1.Cl.Cl. The van der Waals surface area contributed by atoms with E-state index in [1.54, 1.807) is 0 Å². The Kier molecular flexibility index (Phi) is 9.04. The van der Waals surface area contributed by atoms with E-state index in [0.717, 1.165) is 26.2 Å². The molecule has 0 bridgehead atoms. The summed E-state index contributed by atoms with van der Waals surface area (Å²) in [6.45, 7) is 6.81. The number of unbranched alkanes of at least 4 members (excludes halogenated alkanes) is 2. The zero-order valence-corrected chi connectivity index (χ0v) is 18.3. The maximum Gasteiger partial charge on any atom is 0.0355 e. The summed E-state index contributed by atoms with van der Waals surface area (Å²) in [5, 5.41) is 9.10. The Bertz CT molecular complexity index is 875. The number of piperazine rings is 1. The molecule has 0 amide bonds. The van der Waals surface area contributed by atoms with Crippen LogP contribution in [0.4, 0.5) is 0 Å². The number of halogens is 2. The lowest BCUT2D eigenvalue weighted by atomic mass is 9.90. The predicted molar refractivity (Wildman–Crippen MR) is 127 cm³/mol. The molecule has 1 aliphatic rings. The van der Waals surface area contributed by atoms with Crippen molar-refractivity contribution in [3.05, 3.63) is 60.2 Å². The van der Waals surface area contributed by atoms with Crippen molar-refractivity contribution in [1.82, 2.24) is 10.2 Å². The van der Waals surface area contributed by atoms with Gasteiger partial charge < -0.3 is 5.32 Å². The second-order valence-electron chi connectivity index (χ2n) is 7.53. The highest BCUT2D eigenvalue weighted by Crippen LogP contribution is 2.36. The molecule has 0 spiro atoms. The van der Waals surface area contributed by atoms with Crippen LogP contribution in [0.25, 0.3) is 21.5 Å². The Morgan fingerprint density at radius 2 is 1.50 bits per heavy atom. The minimum absolute atomic E-state index is 0. The summed E-state index contributed by atoms with van der Waals surface area (Å²) in [5.74, 6) is 0. The summed E-state index contributed by atoms with van der Waals surface area (Å²) in [7, 11) is 0. The first kappa shape index (κ1) is 23.0. The number of rotatable bonds is 6. The summed E-state index contributed by atoms with van der Waals surface area (Å²) < 4.78 is 0. The van der Waals surface area contributed by atoms with Crippen LogP contribution in [-0.2, 0) is 0 Å². The van der Waals surface area contributed by atoms with Gasteiger partial charge in [-0.2, -0.15) is 0 Å². The second kappa shape index (κ2) is 11.0. The van der Waals surface area contributed by atoms with Gasteiger partial charge in [-0.3, -0.25) is 4.90 Å². The van der Waals surface area contributed by atoms with E-state index in [9.17, 15) is 0 Å². The van der Waals surface area contributed by atoms with Gasteiger partial charge in [0.1, 0.15) is 0 Å². The number of hydrogen-bond donors (Lipinski definition) is 1. The molecular formula is C24H32Cl2N2. The van der Waals surface area contributed by atoms with E-state index in [1.807, 2.05) is 0 Å². The molecule has 4 heteroatoms. The van der Waals surface area contributed by atoms with E-state index in [2.05, 4.69) is 71.7 Å². The van der Waals surface area contributed by atoms with Crippen molar-refractivity contribution in [2.75, 3.05) is 26.2 Å². The molecule has 1 aliphatic heterocycles. The third kappa shape index (κ3) is 4.80. The van der Waals surface area contributed by atoms with E-state index in [-0.39, 0.29) is 24.8 Å². The molecule has 1 atom stereocenters. The maximum atomic E-state index is 3.51. The van der Waals surface area contributed by atoms with Crippen LogP contribution in [0.2, 0.25) is 0 Å². The molecule has 1 fully saturated rings. The maximum absolute atomic E-state index is 3.51. The Morgan fingerprint density at radius 3 is 2.21 bits per heavy atom. The van der Waals surface area contributed by atoms with Crippen molar-refractivity contribution < 1.29 is 0 Å². The highest BCUT2D eigenvalue weighted by molar-refractivity contribution is 6.09. The zero-order valence-electron chi connectivity index (χ0n) is 16.7. The molecule has 28 heavy (non-hydrogen) atoms. The van der Waals surface area contributed by atoms with Crippen LogP contribution in [0.15, 0.2) is 54.6 Å². The quantitative estimate of drug-likeness (QED) is 0.369. The van der Waals surface area contributed by atoms with Gasteiger partial charge in [-0.25, -0.2) is 0 Å². The van der Waals surface area contributed by atoms with Crippen LogP contribution in [0.1, 0.15) is 44.2 Å². The summed E-state index contributed by atoms with van der Waals surface area (Å²) in [4.78, 5) is 2.71. The van der Waals surface area contributed by atoms with Crippen LogP contribution in [0.5, 0.6) is 0 Å². The van der Waals surface area contributed by atoms with E-state index < -0.39 is 0 Å². The van der Waals surface area contributed by atoms with E-state index in [1.165, 1.54) is 52.8 Å². The summed E-state index contributed by atoms with van der Waals surface area (Å²) in [6, 6.07) is 20.8. The number of nitrogens with zero attached hydrogens (tertiary/aromatic N) is 1. The molecular weight excluding hydrogens is 387 g/mol. The third-order valence-electron chi connectivity index (χ3n) is 5.83. The van der Waals surface area contributed by atoms with Crippen molar-refractivity contribution >= 4 is 46.4 Å². The lowest BCUT2D eigenvalue weighted by Gasteiger charge is -2.36. The smallest absolute Gasteiger partial charge is 0.0355 e. The van der Waals surface area contributed by atoms with Crippen LogP contribution in [0.3, 0.4) is 0 Å². The fourth-order valence-electron chi connectivity index (χ4n) is 4.48. The Morgan fingerprint density at radius 1 is 0.857 bits per heavy atom. The van der Waals surface area contributed by atoms with Gasteiger partial charge in [0.15, 0.2) is 0 Å². The molecule has 1 heterocycles. The lowest BCUT2D eigenvalue weighted by Crippen LogP contribution is -2.45. The van der Waals surface area contributed by atoms with E-state index in [4.69, 9.17) is 0 Å². The van der Waals surface area contributed by atoms with Gasteiger partial charge in [0, 0.05) is 32.2 Å². The van der Waals surface area contributed by atoms with Crippen LogP contribution in [0, 0.1) is 0 Å². The van der Waals surface area contributed by atoms with Crippen LogP contribution >= 0.6 is 24.8 Å². The van der Waals surface area contributed by atoms with Crippen molar-refractivity contribution in [2.24, 2.45) is 0 Å². The average Bonchev–Trinajstić information content (AvgIpc) is 2.71. The van der Waals surface area contributed by atoms with Crippen molar-refractivity contribution in [3.63, 3.8) is 0 Å². The number of fused-ring (bicyclic) bond motifs is 3. The fraction of sp³-hybridized carbons (Fsp3) is 0.417. The summed E-state index contributed by atoms with van der Waals surface area (Å²) in [5.41, 5.74) is 1.53. The van der Waals surface area contributed by atoms with Gasteiger partial charge in [-0.15, -0.1) is 24.8 Å². The molecule has 4 rings (SSSR count). The lowest BCUT2D eigenvalue weighted by molar-refractivity contribution is 0.164. The van der Waals surface area contributed by atoms with Crippen LogP contribution in [-0.4, -0.2) is 31.1 Å². The molecule has 152 valence electrons. The van der Waals surface area contributed by atoms with Crippen molar-refractivity contribution in [2.45, 2.75) is 38.6 Å². The first-order chi connectivity index (χ1) is 12.9. The van der Waals surface area contributed by atoms with Gasteiger partial charge in [0.05, 0.1) is 0 Å². The van der Waals surface area contributed by atoms with Gasteiger partial charge >= 0.3 is 0 Å². The molecule has 1 saturated heterocycles. The standard InChI is InChI=1S/C24H30N2.2ClH/c1-2-3-4-13-24(26-16-14-25-15-17-26)23-18-19-9-5-6-10-20(19)21-11-7-8-12-22(21)23;;/h5-12,18,24-25H,2-4,13-17H2,1H3;2*1H/t24-;;/m1../s1. The molecule has 2 nitrogen and oxygen atoms in total. The first-order valence-corrected chi connectivity index (χ1v) is 10.2. The van der Waals surface area contributed by atoms with Crippen LogP contribution < -0.4 is 5.32 Å². The topological polar surface area (TPSA) is 15.3 Å². The molecule has 0 unspecified atom stereocenters. The molecule has 3 aromatic rings. The number of nitrogens with one attached hydrogen (secondary N) is 1. The van der Waals surface area contributed by atoms with E-state index >= 15 is 0 Å². The van der Waals surface area contributed by atoms with Crippen molar-refractivity contribution in [1.29, 1.82) is 0 Å². The summed E-state index contributed by atoms with van der Waals surface area (Å²) in [6.07, 6.45) is 5.18. The summed E-state index contributed by atoms with van der Waals surface area (Å²) >= 11 is 0. The van der Waals surface area contributed by atoms with Crippen molar-refractivity contribution in [3.8, 4) is 0 Å². The Hall–Kier alpha value is -1.32. The first-order valence-electron chi connectivity index (χ1n) is 10.2. The zero-order chi connectivity index (χ0) is 17.8. The molecule has 0 radical (unpaired) electrons. The minimum atomic E-state index is 0. The fourth-order valence-corrected chi connectivity index (χ4v) is 4.48. The minimum Gasteiger partial charge on any atom is -0.314 e. The second-order valence-corrected chi connectivity index (χ2v) is 7.53. The monoisotopic (exact) mass is 418 g/mol. The molecule has 0 aliphatic carbocycles. The normalized spacial score (nSPS) is 15.8. The van der Waals surface area contributed by atoms with Gasteiger partial charge in [0.2, 0.25) is 0 Å². The van der Waals surface area contributed by atoms with Gasteiger partial charge in [-0.05, 0) is 39.6 Å². The predicted octanol–water partition coefficient (Wildman–Crippen LogP) is 6.36. The third-order valence-corrected chi connectivity index (χ3v) is 5.83. The molecule has 1 N–H and O–H groups in total. The molecule has 0 saturated carbocycles. The number of hydrogen-bond acceptors (Lipinski definition) is 2. The highest BCUT2D eigenvalue weighted by atomic mass is 35.5. The number of benzene rings is 3.